The fraction of sp³-hybridized carbons (Fsp3) is 0.393. The molecule has 2 N–H and O–H groups in total. The quantitative estimate of drug-likeness (QED) is 0.148. The Hall–Kier alpha value is -3.39. The molecule has 0 unspecified atom stereocenters. The van der Waals surface area contributed by atoms with E-state index in [1.54, 1.807) is 17.0 Å². The number of fused-ring (bicyclic) bond motifs is 2. The summed E-state index contributed by atoms with van der Waals surface area (Å²) in [6, 6.07) is 7.03. The van der Waals surface area contributed by atoms with Crippen LogP contribution >= 0.6 is 11.3 Å². The molecule has 0 aliphatic carbocycles. The average molecular weight is 611 g/mol. The van der Waals surface area contributed by atoms with Crippen molar-refractivity contribution in [2.45, 2.75) is 45.2 Å². The Labute approximate surface area is 267 Å². The van der Waals surface area contributed by atoms with Crippen LogP contribution in [0.2, 0.25) is 0 Å². The first-order chi connectivity index (χ1) is 19.7. The van der Waals surface area contributed by atoms with E-state index in [0.717, 1.165) is 15.8 Å². The summed E-state index contributed by atoms with van der Waals surface area (Å²) in [6.45, 7) is 1.34. The molecule has 4 rings (SSSR count). The number of carbonyl (C=O) groups is 4. The third kappa shape index (κ3) is 8.34. The summed E-state index contributed by atoms with van der Waals surface area (Å²) in [5, 5.41) is 17.7. The van der Waals surface area contributed by atoms with Crippen LogP contribution in [0.5, 0.6) is 23.1 Å². The number of nitrogens with zero attached hydrogens (tertiary/aromatic N) is 2. The number of rotatable bonds is 15. The zero-order valence-corrected chi connectivity index (χ0v) is 23.5. The van der Waals surface area contributed by atoms with Gasteiger partial charge >= 0.3 is 41.5 Å². The van der Waals surface area contributed by atoms with Gasteiger partial charge in [-0.15, -0.1) is 11.3 Å². The van der Waals surface area contributed by atoms with E-state index >= 15 is 0 Å². The second-order valence-electron chi connectivity index (χ2n) is 9.27. The van der Waals surface area contributed by atoms with Gasteiger partial charge in [-0.3, -0.25) is 19.2 Å². The normalized spacial score (nSPS) is 11.9. The van der Waals surface area contributed by atoms with Crippen LogP contribution in [0.1, 0.15) is 52.9 Å². The Morgan fingerprint density at radius 3 is 2.10 bits per heavy atom. The van der Waals surface area contributed by atoms with Crippen molar-refractivity contribution in [2.75, 3.05) is 27.4 Å². The van der Waals surface area contributed by atoms with E-state index in [4.69, 9.17) is 29.2 Å². The molecule has 0 saturated heterocycles. The van der Waals surface area contributed by atoms with Gasteiger partial charge in [-0.1, -0.05) is 0 Å². The number of aromatic nitrogens is 1. The average Bonchev–Trinajstić information content (AvgIpc) is 3.56. The zero-order valence-electron chi connectivity index (χ0n) is 22.6. The Morgan fingerprint density at radius 1 is 0.833 bits per heavy atom. The first-order valence-electron chi connectivity index (χ1n) is 12.9. The number of benzene rings is 1. The molecule has 220 valence electrons. The zero-order chi connectivity index (χ0) is 29.5. The van der Waals surface area contributed by atoms with Gasteiger partial charge in [0, 0.05) is 38.4 Å². The van der Waals surface area contributed by atoms with E-state index in [2.05, 4.69) is 4.98 Å². The Kier molecular flexibility index (Phi) is 12.0. The van der Waals surface area contributed by atoms with Crippen LogP contribution in [0.25, 0.3) is 10.2 Å². The number of carboxylic acids is 2. The molecular weight excluding hydrogens is 579 g/mol. The molecular formula is C28H31N2NaO10S. The van der Waals surface area contributed by atoms with Crippen molar-refractivity contribution in [3.8, 4) is 23.1 Å². The monoisotopic (exact) mass is 610 g/mol. The van der Waals surface area contributed by atoms with E-state index in [0.29, 0.717) is 53.8 Å². The number of hydrogen-bond acceptors (Lipinski definition) is 10. The molecule has 42 heavy (non-hydrogen) atoms. The molecule has 1 aliphatic rings. The van der Waals surface area contributed by atoms with Crippen molar-refractivity contribution in [2.24, 2.45) is 0 Å². The standard InChI is InChI=1S/C28H30N2O10S.Na.H/c1-37-20-10-16-14-30(25(32)5-7-27(35)36)15-17(16)11-21(20)39-8-3-9-40-28-22(38-2)13-23-18(29-28)12-24(41-23)19(31)4-6-26(33)34;;/h10-13H,3-9,14-15H2,1-2H3,(H,33,34)(H,35,36);;. The van der Waals surface area contributed by atoms with E-state index in [1.165, 1.54) is 25.6 Å². The molecule has 3 heterocycles. The summed E-state index contributed by atoms with van der Waals surface area (Å²) >= 11 is 1.22. The van der Waals surface area contributed by atoms with Crippen LogP contribution in [0, 0.1) is 0 Å². The number of thiophene rings is 1. The van der Waals surface area contributed by atoms with Crippen molar-refractivity contribution < 1.29 is 48.3 Å². The number of pyridine rings is 1. The van der Waals surface area contributed by atoms with Gasteiger partial charge in [0.05, 0.1) is 55.4 Å². The molecule has 0 fully saturated rings. The van der Waals surface area contributed by atoms with Crippen LogP contribution in [-0.4, -0.2) is 101 Å². The second kappa shape index (κ2) is 15.2. The molecule has 0 bridgehead atoms. The van der Waals surface area contributed by atoms with E-state index < -0.39 is 11.9 Å². The number of carbonyl (C=O) groups excluding carboxylic acids is 2. The predicted molar refractivity (Wildman–Crippen MR) is 154 cm³/mol. The molecule has 14 heteroatoms. The van der Waals surface area contributed by atoms with Gasteiger partial charge in [-0.25, -0.2) is 4.98 Å². The van der Waals surface area contributed by atoms with Crippen molar-refractivity contribution in [1.29, 1.82) is 0 Å². The number of aliphatic carboxylic acids is 2. The van der Waals surface area contributed by atoms with Crippen molar-refractivity contribution >= 4 is 74.7 Å². The molecule has 1 amide bonds. The molecule has 0 saturated carbocycles. The molecule has 0 radical (unpaired) electrons. The van der Waals surface area contributed by atoms with Gasteiger partial charge in [0.1, 0.15) is 0 Å². The van der Waals surface area contributed by atoms with Gasteiger partial charge in [0.2, 0.25) is 5.91 Å². The molecule has 0 atom stereocenters. The fourth-order valence-corrected chi connectivity index (χ4v) is 5.30. The van der Waals surface area contributed by atoms with Gasteiger partial charge in [0.25, 0.3) is 5.88 Å². The maximum absolute atomic E-state index is 12.4. The Bertz CT molecular complexity index is 1470. The van der Waals surface area contributed by atoms with Gasteiger partial charge < -0.3 is 34.1 Å². The van der Waals surface area contributed by atoms with Crippen LogP contribution in [-0.2, 0) is 27.5 Å². The summed E-state index contributed by atoms with van der Waals surface area (Å²) in [7, 11) is 3.03. The maximum atomic E-state index is 12.4. The molecule has 3 aromatic rings. The van der Waals surface area contributed by atoms with E-state index in [-0.39, 0.29) is 79.4 Å². The van der Waals surface area contributed by atoms with Crippen molar-refractivity contribution in [1.82, 2.24) is 9.88 Å². The molecule has 12 nitrogen and oxygen atoms in total. The number of amides is 1. The Morgan fingerprint density at radius 2 is 1.45 bits per heavy atom. The van der Waals surface area contributed by atoms with Crippen LogP contribution < -0.4 is 18.9 Å². The van der Waals surface area contributed by atoms with Gasteiger partial charge in [0.15, 0.2) is 23.0 Å². The van der Waals surface area contributed by atoms with E-state index in [1.807, 2.05) is 12.1 Å². The van der Waals surface area contributed by atoms with Crippen molar-refractivity contribution in [3.05, 3.63) is 40.3 Å². The second-order valence-corrected chi connectivity index (χ2v) is 10.4. The number of Topliss-reactive ketones (excluding diaryl/α,β-unsaturated/α-hetero) is 1. The topological polar surface area (TPSA) is 162 Å². The summed E-state index contributed by atoms with van der Waals surface area (Å²) in [6.07, 6.45) is -0.0608. The minimum atomic E-state index is -1.03. The number of ether oxygens (including phenoxy) is 4. The minimum absolute atomic E-state index is 0. The summed E-state index contributed by atoms with van der Waals surface area (Å²) < 4.78 is 23.4. The van der Waals surface area contributed by atoms with Crippen molar-refractivity contribution in [3.63, 3.8) is 0 Å². The fourth-order valence-electron chi connectivity index (χ4n) is 4.30. The molecule has 2 aromatic heterocycles. The predicted octanol–water partition coefficient (Wildman–Crippen LogP) is 3.27. The first kappa shape index (κ1) is 33.1. The van der Waals surface area contributed by atoms with E-state index in [9.17, 15) is 19.2 Å². The number of methoxy groups -OCH3 is 2. The Balaban J connectivity index is 0.00000484. The molecule has 1 aliphatic heterocycles. The third-order valence-corrected chi connectivity index (χ3v) is 7.51. The molecule has 1 aromatic carbocycles. The molecule has 0 spiro atoms. The summed E-state index contributed by atoms with van der Waals surface area (Å²) in [4.78, 5) is 52.8. The first-order valence-corrected chi connectivity index (χ1v) is 13.7. The number of ketones is 1. The SMILES string of the molecule is COc1cc2c(cc1OCCCOc1nc3cc(C(=O)CCC(=O)O)sc3cc1OC)CN(C(=O)CCC(=O)O)C2.[NaH]. The summed E-state index contributed by atoms with van der Waals surface area (Å²) in [5.74, 6) is -0.764. The van der Waals surface area contributed by atoms with Crippen LogP contribution in [0.3, 0.4) is 0 Å². The van der Waals surface area contributed by atoms with Crippen LogP contribution in [0.15, 0.2) is 24.3 Å². The summed E-state index contributed by atoms with van der Waals surface area (Å²) in [5.41, 5.74) is 2.40. The number of hydrogen-bond donors (Lipinski definition) is 2. The van der Waals surface area contributed by atoms with Gasteiger partial charge in [-0.2, -0.15) is 0 Å². The third-order valence-electron chi connectivity index (χ3n) is 6.39. The number of carboxylic acid groups (broad SMARTS) is 2. The van der Waals surface area contributed by atoms with Gasteiger partial charge in [-0.05, 0) is 29.3 Å². The van der Waals surface area contributed by atoms with Crippen LogP contribution in [0.4, 0.5) is 0 Å².